The number of nitrogens with zero attached hydrogens (tertiary/aromatic N) is 2. The van der Waals surface area contributed by atoms with Crippen LogP contribution in [0.1, 0.15) is 11.7 Å². The zero-order valence-electron chi connectivity index (χ0n) is 14.3. The maximum absolute atomic E-state index is 12.9. The summed E-state index contributed by atoms with van der Waals surface area (Å²) in [6.07, 6.45) is -4.33. The Morgan fingerprint density at radius 2 is 1.68 bits per heavy atom. The summed E-state index contributed by atoms with van der Waals surface area (Å²) in [5, 5.41) is 13.1. The van der Waals surface area contributed by atoms with Crippen LogP contribution in [0.25, 0.3) is 11.3 Å². The summed E-state index contributed by atoms with van der Waals surface area (Å²) in [5.41, 5.74) is 1.59. The van der Waals surface area contributed by atoms with Gasteiger partial charge in [0, 0.05) is 18.2 Å². The Balaban J connectivity index is 1.66. The van der Waals surface area contributed by atoms with Crippen molar-refractivity contribution >= 4 is 5.82 Å². The van der Waals surface area contributed by atoms with Gasteiger partial charge in [-0.1, -0.05) is 12.1 Å². The van der Waals surface area contributed by atoms with E-state index in [-0.39, 0.29) is 12.3 Å². The van der Waals surface area contributed by atoms with E-state index in [9.17, 15) is 22.7 Å². The van der Waals surface area contributed by atoms with Crippen LogP contribution in [0.15, 0.2) is 60.9 Å². The van der Waals surface area contributed by atoms with Crippen LogP contribution >= 0.6 is 0 Å². The molecule has 0 amide bonds. The smallest absolute Gasteiger partial charge is 0.406 e. The van der Waals surface area contributed by atoms with Crippen LogP contribution in [-0.4, -0.2) is 28.0 Å². The first kappa shape index (κ1) is 19.6. The number of hydrogen-bond acceptors (Lipinski definition) is 5. The molecule has 3 aromatic rings. The number of hydrogen-bond donors (Lipinski definition) is 2. The van der Waals surface area contributed by atoms with Gasteiger partial charge in [0.1, 0.15) is 23.7 Å². The van der Waals surface area contributed by atoms with Gasteiger partial charge in [-0.3, -0.25) is 0 Å². The van der Waals surface area contributed by atoms with Gasteiger partial charge in [0.25, 0.3) is 0 Å². The molecule has 2 N–H and O–H groups in total. The van der Waals surface area contributed by atoms with Gasteiger partial charge in [0.05, 0.1) is 11.8 Å². The topological polar surface area (TPSA) is 67.3 Å². The monoisotopic (exact) mass is 393 g/mol. The van der Waals surface area contributed by atoms with Gasteiger partial charge in [-0.15, -0.1) is 13.2 Å². The molecule has 0 saturated carbocycles. The zero-order chi connectivity index (χ0) is 20.1. The fourth-order valence-electron chi connectivity index (χ4n) is 2.44. The highest BCUT2D eigenvalue weighted by Crippen LogP contribution is 2.26. The van der Waals surface area contributed by atoms with Crippen LogP contribution < -0.4 is 10.1 Å². The highest BCUT2D eigenvalue weighted by molar-refractivity contribution is 5.62. The van der Waals surface area contributed by atoms with Crippen molar-refractivity contribution < 1.29 is 27.4 Å². The van der Waals surface area contributed by atoms with E-state index < -0.39 is 18.3 Å². The molecule has 5 nitrogen and oxygen atoms in total. The third kappa shape index (κ3) is 5.40. The van der Waals surface area contributed by atoms with E-state index >= 15 is 0 Å². The predicted octanol–water partition coefficient (Wildman–Crippen LogP) is 4.33. The minimum absolute atomic E-state index is 0.125. The van der Waals surface area contributed by atoms with Crippen LogP contribution in [0.5, 0.6) is 5.75 Å². The number of alkyl halides is 3. The fraction of sp³-hybridized carbons (Fsp3) is 0.158. The Labute approximate surface area is 157 Å². The van der Waals surface area contributed by atoms with E-state index in [2.05, 4.69) is 20.0 Å². The lowest BCUT2D eigenvalue weighted by molar-refractivity contribution is -0.274. The molecule has 9 heteroatoms. The standard InChI is InChI=1S/C19H15F4N3O2/c20-14-5-1-13(2-6-14)17(27)10-24-18-9-16(25-11-26-18)12-3-7-15(8-4-12)28-19(21,22)23/h1-9,11,17,27H,10H2,(H,24,25,26). The molecule has 0 radical (unpaired) electrons. The van der Waals surface area contributed by atoms with Gasteiger partial charge in [0.2, 0.25) is 0 Å². The van der Waals surface area contributed by atoms with E-state index in [0.717, 1.165) is 0 Å². The fourth-order valence-corrected chi connectivity index (χ4v) is 2.44. The summed E-state index contributed by atoms with van der Waals surface area (Å²) in [6.45, 7) is 0.125. The summed E-state index contributed by atoms with van der Waals surface area (Å²) in [5.74, 6) is -0.302. The van der Waals surface area contributed by atoms with Crippen LogP contribution in [0, 0.1) is 5.82 Å². The van der Waals surface area contributed by atoms with Crippen LogP contribution in [-0.2, 0) is 0 Å². The number of aliphatic hydroxyl groups excluding tert-OH is 1. The molecule has 1 atom stereocenters. The summed E-state index contributed by atoms with van der Waals surface area (Å²) in [7, 11) is 0. The molecule has 0 aliphatic rings. The third-order valence-corrected chi connectivity index (χ3v) is 3.78. The minimum Gasteiger partial charge on any atom is -0.406 e. The molecule has 0 bridgehead atoms. The van der Waals surface area contributed by atoms with Gasteiger partial charge >= 0.3 is 6.36 Å². The number of ether oxygens (including phenoxy) is 1. The molecule has 3 rings (SSSR count). The quantitative estimate of drug-likeness (QED) is 0.611. The minimum atomic E-state index is -4.75. The normalized spacial score (nSPS) is 12.5. The molecule has 1 unspecified atom stereocenters. The predicted molar refractivity (Wildman–Crippen MR) is 94.0 cm³/mol. The van der Waals surface area contributed by atoms with Gasteiger partial charge in [0.15, 0.2) is 0 Å². The zero-order valence-corrected chi connectivity index (χ0v) is 14.3. The Morgan fingerprint density at radius 1 is 1.00 bits per heavy atom. The summed E-state index contributed by atoms with van der Waals surface area (Å²) in [6, 6.07) is 12.3. The molecular weight excluding hydrogens is 378 g/mol. The molecule has 1 aromatic heterocycles. The van der Waals surface area contributed by atoms with Crippen molar-refractivity contribution in [2.75, 3.05) is 11.9 Å². The van der Waals surface area contributed by atoms with Gasteiger partial charge in [-0.2, -0.15) is 0 Å². The van der Waals surface area contributed by atoms with Crippen molar-refractivity contribution in [2.24, 2.45) is 0 Å². The maximum atomic E-state index is 12.9. The van der Waals surface area contributed by atoms with Crippen LogP contribution in [0.2, 0.25) is 0 Å². The number of halogens is 4. The van der Waals surface area contributed by atoms with Crippen molar-refractivity contribution in [3.8, 4) is 17.0 Å². The summed E-state index contributed by atoms with van der Waals surface area (Å²) >= 11 is 0. The Morgan fingerprint density at radius 3 is 2.32 bits per heavy atom. The Bertz CT molecular complexity index is 916. The Hall–Kier alpha value is -3.20. The van der Waals surface area contributed by atoms with Crippen molar-refractivity contribution in [3.05, 3.63) is 72.3 Å². The first-order chi connectivity index (χ1) is 13.3. The van der Waals surface area contributed by atoms with Gasteiger partial charge in [-0.05, 0) is 42.0 Å². The second-order valence-corrected chi connectivity index (χ2v) is 5.81. The molecule has 0 aliphatic carbocycles. The molecule has 0 aliphatic heterocycles. The number of aromatic nitrogens is 2. The Kier molecular flexibility index (Phi) is 5.74. The number of anilines is 1. The lowest BCUT2D eigenvalue weighted by atomic mass is 10.1. The average Bonchev–Trinajstić information content (AvgIpc) is 2.66. The molecule has 28 heavy (non-hydrogen) atoms. The molecule has 1 heterocycles. The van der Waals surface area contributed by atoms with Crippen molar-refractivity contribution in [3.63, 3.8) is 0 Å². The van der Waals surface area contributed by atoms with E-state index in [1.54, 1.807) is 6.07 Å². The van der Waals surface area contributed by atoms with E-state index in [1.165, 1.54) is 54.9 Å². The molecule has 0 fully saturated rings. The second kappa shape index (κ2) is 8.22. The molecule has 2 aromatic carbocycles. The summed E-state index contributed by atoms with van der Waals surface area (Å²) < 4.78 is 53.4. The largest absolute Gasteiger partial charge is 0.573 e. The van der Waals surface area contributed by atoms with Crippen molar-refractivity contribution in [1.29, 1.82) is 0 Å². The molecule has 0 spiro atoms. The van der Waals surface area contributed by atoms with E-state index in [4.69, 9.17) is 0 Å². The number of benzene rings is 2. The highest BCUT2D eigenvalue weighted by atomic mass is 19.4. The highest BCUT2D eigenvalue weighted by Gasteiger charge is 2.30. The molecule has 146 valence electrons. The third-order valence-electron chi connectivity index (χ3n) is 3.78. The first-order valence-corrected chi connectivity index (χ1v) is 8.16. The van der Waals surface area contributed by atoms with Gasteiger partial charge in [-0.25, -0.2) is 14.4 Å². The SMILES string of the molecule is OC(CNc1cc(-c2ccc(OC(F)(F)F)cc2)ncn1)c1ccc(F)cc1. The van der Waals surface area contributed by atoms with Crippen LogP contribution in [0.3, 0.4) is 0 Å². The van der Waals surface area contributed by atoms with Crippen molar-refractivity contribution in [2.45, 2.75) is 12.5 Å². The molecule has 0 saturated heterocycles. The number of aliphatic hydroxyl groups is 1. The van der Waals surface area contributed by atoms with Gasteiger partial charge < -0.3 is 15.2 Å². The van der Waals surface area contributed by atoms with E-state index in [0.29, 0.717) is 22.6 Å². The number of nitrogens with one attached hydrogen (secondary N) is 1. The lowest BCUT2D eigenvalue weighted by Gasteiger charge is -2.13. The van der Waals surface area contributed by atoms with Crippen LogP contribution in [0.4, 0.5) is 23.4 Å². The summed E-state index contributed by atoms with van der Waals surface area (Å²) in [4.78, 5) is 8.13. The lowest BCUT2D eigenvalue weighted by Crippen LogP contribution is -2.16. The first-order valence-electron chi connectivity index (χ1n) is 8.16. The average molecular weight is 393 g/mol. The second-order valence-electron chi connectivity index (χ2n) is 5.81. The van der Waals surface area contributed by atoms with E-state index in [1.807, 2.05) is 0 Å². The molecular formula is C19H15F4N3O2. The van der Waals surface area contributed by atoms with Crippen molar-refractivity contribution in [1.82, 2.24) is 9.97 Å². The maximum Gasteiger partial charge on any atom is 0.573 e. The number of rotatable bonds is 6.